The lowest BCUT2D eigenvalue weighted by Crippen LogP contribution is -2.08. The van der Waals surface area contributed by atoms with Gasteiger partial charge >= 0.3 is 5.69 Å². The zero-order chi connectivity index (χ0) is 14.0. The number of nitrogens with zero attached hydrogens (tertiary/aromatic N) is 2. The van der Waals surface area contributed by atoms with Crippen LogP contribution >= 0.6 is 22.9 Å². The minimum atomic E-state index is -0.561. The van der Waals surface area contributed by atoms with E-state index < -0.39 is 4.92 Å². The standard InChI is InChI=1S/C11H11ClN4O2S/c1-6(8-3-4-9(12)19-8)14-10-5-2-7(16(17)18)11(13)15-10/h2-6H,1H3,(H3,13,14,15). The van der Waals surface area contributed by atoms with E-state index in [9.17, 15) is 10.1 Å². The van der Waals surface area contributed by atoms with Gasteiger partial charge in [-0.3, -0.25) is 10.1 Å². The van der Waals surface area contributed by atoms with Crippen molar-refractivity contribution in [2.24, 2.45) is 0 Å². The number of hydrogen-bond acceptors (Lipinski definition) is 6. The van der Waals surface area contributed by atoms with Crippen molar-refractivity contribution in [3.05, 3.63) is 43.6 Å². The molecule has 0 aliphatic heterocycles. The second kappa shape index (κ2) is 5.41. The van der Waals surface area contributed by atoms with E-state index in [1.165, 1.54) is 23.5 Å². The van der Waals surface area contributed by atoms with Gasteiger partial charge < -0.3 is 11.1 Å². The Kier molecular flexibility index (Phi) is 3.87. The Morgan fingerprint density at radius 3 is 2.74 bits per heavy atom. The van der Waals surface area contributed by atoms with Crippen molar-refractivity contribution in [1.29, 1.82) is 0 Å². The summed E-state index contributed by atoms with van der Waals surface area (Å²) in [5.74, 6) is 0.381. The minimum absolute atomic E-state index is 0.00847. The second-order valence-electron chi connectivity index (χ2n) is 3.87. The number of halogens is 1. The molecule has 0 aromatic carbocycles. The zero-order valence-electron chi connectivity index (χ0n) is 9.96. The van der Waals surface area contributed by atoms with Gasteiger partial charge in [0, 0.05) is 10.9 Å². The van der Waals surface area contributed by atoms with Crippen molar-refractivity contribution in [2.75, 3.05) is 11.1 Å². The van der Waals surface area contributed by atoms with Crippen LogP contribution in [-0.2, 0) is 0 Å². The monoisotopic (exact) mass is 298 g/mol. The number of nitro groups is 1. The molecule has 19 heavy (non-hydrogen) atoms. The van der Waals surface area contributed by atoms with Crippen molar-refractivity contribution in [2.45, 2.75) is 13.0 Å². The third kappa shape index (κ3) is 3.12. The summed E-state index contributed by atoms with van der Waals surface area (Å²) in [5, 5.41) is 13.7. The molecule has 2 aromatic rings. The van der Waals surface area contributed by atoms with E-state index in [0.717, 1.165) is 4.88 Å². The van der Waals surface area contributed by atoms with Crippen LogP contribution in [0.2, 0.25) is 4.34 Å². The van der Waals surface area contributed by atoms with Crippen LogP contribution < -0.4 is 11.1 Å². The van der Waals surface area contributed by atoms with Crippen molar-refractivity contribution in [3.8, 4) is 0 Å². The van der Waals surface area contributed by atoms with E-state index in [2.05, 4.69) is 10.3 Å². The Bertz CT molecular complexity index is 616. The van der Waals surface area contributed by atoms with Gasteiger partial charge in [0.1, 0.15) is 5.82 Å². The van der Waals surface area contributed by atoms with Gasteiger partial charge in [-0.15, -0.1) is 11.3 Å². The summed E-state index contributed by atoms with van der Waals surface area (Å²) in [6.07, 6.45) is 0. The van der Waals surface area contributed by atoms with E-state index in [1.807, 2.05) is 19.1 Å². The fraction of sp³-hybridized carbons (Fsp3) is 0.182. The molecule has 1 unspecified atom stereocenters. The highest BCUT2D eigenvalue weighted by atomic mass is 35.5. The number of nitrogens with two attached hydrogens (primary N) is 1. The highest BCUT2D eigenvalue weighted by Crippen LogP contribution is 2.29. The zero-order valence-corrected chi connectivity index (χ0v) is 11.5. The van der Waals surface area contributed by atoms with E-state index in [4.69, 9.17) is 17.3 Å². The predicted molar refractivity (Wildman–Crippen MR) is 76.7 cm³/mol. The first-order chi connectivity index (χ1) is 8.97. The van der Waals surface area contributed by atoms with Crippen LogP contribution in [0, 0.1) is 10.1 Å². The van der Waals surface area contributed by atoms with Crippen LogP contribution in [0.15, 0.2) is 24.3 Å². The Morgan fingerprint density at radius 1 is 1.47 bits per heavy atom. The lowest BCUT2D eigenvalue weighted by molar-refractivity contribution is -0.384. The van der Waals surface area contributed by atoms with E-state index in [-0.39, 0.29) is 17.5 Å². The Balaban J connectivity index is 2.15. The second-order valence-corrected chi connectivity index (χ2v) is 5.61. The molecular weight excluding hydrogens is 288 g/mol. The van der Waals surface area contributed by atoms with Crippen LogP contribution in [0.25, 0.3) is 0 Å². The summed E-state index contributed by atoms with van der Waals surface area (Å²) in [6, 6.07) is 6.58. The maximum atomic E-state index is 10.6. The summed E-state index contributed by atoms with van der Waals surface area (Å²) < 4.78 is 0.708. The number of anilines is 2. The highest BCUT2D eigenvalue weighted by molar-refractivity contribution is 7.16. The van der Waals surface area contributed by atoms with Gasteiger partial charge in [0.15, 0.2) is 0 Å². The fourth-order valence-electron chi connectivity index (χ4n) is 1.56. The molecule has 0 spiro atoms. The number of rotatable bonds is 4. The van der Waals surface area contributed by atoms with Gasteiger partial charge in [0.05, 0.1) is 15.3 Å². The summed E-state index contributed by atoms with van der Waals surface area (Å²) >= 11 is 7.33. The van der Waals surface area contributed by atoms with Crippen LogP contribution in [0.4, 0.5) is 17.3 Å². The van der Waals surface area contributed by atoms with Gasteiger partial charge in [-0.25, -0.2) is 4.98 Å². The molecule has 0 aliphatic rings. The molecule has 1 atom stereocenters. The first-order valence-electron chi connectivity index (χ1n) is 5.40. The van der Waals surface area contributed by atoms with E-state index in [1.54, 1.807) is 0 Å². The number of thiophene rings is 1. The molecule has 3 N–H and O–H groups in total. The first kappa shape index (κ1) is 13.6. The smallest absolute Gasteiger partial charge is 0.311 e. The number of aromatic nitrogens is 1. The molecule has 0 saturated carbocycles. The average molecular weight is 299 g/mol. The number of nitrogen functional groups attached to an aromatic ring is 1. The molecular formula is C11H11ClN4O2S. The summed E-state index contributed by atoms with van der Waals surface area (Å²) in [7, 11) is 0. The number of nitrogens with one attached hydrogen (secondary N) is 1. The predicted octanol–water partition coefficient (Wildman–Crippen LogP) is 3.46. The minimum Gasteiger partial charge on any atom is -0.378 e. The molecule has 2 heterocycles. The lowest BCUT2D eigenvalue weighted by Gasteiger charge is -2.12. The van der Waals surface area contributed by atoms with Crippen LogP contribution in [0.1, 0.15) is 17.8 Å². The molecule has 2 aromatic heterocycles. The molecule has 0 aliphatic carbocycles. The highest BCUT2D eigenvalue weighted by Gasteiger charge is 2.14. The van der Waals surface area contributed by atoms with Crippen molar-refractivity contribution in [1.82, 2.24) is 4.98 Å². The molecule has 0 radical (unpaired) electrons. The third-order valence-electron chi connectivity index (χ3n) is 2.48. The number of pyridine rings is 1. The van der Waals surface area contributed by atoms with Crippen LogP contribution in [-0.4, -0.2) is 9.91 Å². The van der Waals surface area contributed by atoms with Gasteiger partial charge in [-0.1, -0.05) is 11.6 Å². The molecule has 6 nitrogen and oxygen atoms in total. The van der Waals surface area contributed by atoms with Gasteiger partial charge in [-0.2, -0.15) is 0 Å². The summed E-state index contributed by atoms with van der Waals surface area (Å²) in [5.41, 5.74) is 5.33. The molecule has 100 valence electrons. The Morgan fingerprint density at radius 2 is 2.21 bits per heavy atom. The Hall–Kier alpha value is -1.86. The quantitative estimate of drug-likeness (QED) is 0.666. The number of hydrogen-bond donors (Lipinski definition) is 2. The molecule has 8 heteroatoms. The van der Waals surface area contributed by atoms with Crippen molar-refractivity contribution < 1.29 is 4.92 Å². The van der Waals surface area contributed by atoms with Gasteiger partial charge in [0.25, 0.3) is 0 Å². The third-order valence-corrected chi connectivity index (χ3v) is 3.90. The lowest BCUT2D eigenvalue weighted by atomic mass is 10.2. The van der Waals surface area contributed by atoms with Crippen LogP contribution in [0.3, 0.4) is 0 Å². The van der Waals surface area contributed by atoms with E-state index in [0.29, 0.717) is 10.2 Å². The van der Waals surface area contributed by atoms with E-state index >= 15 is 0 Å². The molecule has 0 bridgehead atoms. The van der Waals surface area contributed by atoms with Gasteiger partial charge in [0.2, 0.25) is 5.82 Å². The van der Waals surface area contributed by atoms with Crippen molar-refractivity contribution in [3.63, 3.8) is 0 Å². The Labute approximate surface area is 118 Å². The topological polar surface area (TPSA) is 94.1 Å². The fourth-order valence-corrected chi connectivity index (χ4v) is 2.62. The normalized spacial score (nSPS) is 12.1. The molecule has 2 rings (SSSR count). The maximum Gasteiger partial charge on any atom is 0.311 e. The summed E-state index contributed by atoms with van der Waals surface area (Å²) in [4.78, 5) is 15.1. The van der Waals surface area contributed by atoms with Gasteiger partial charge in [-0.05, 0) is 25.1 Å². The average Bonchev–Trinajstić information content (AvgIpc) is 2.75. The van der Waals surface area contributed by atoms with Crippen LogP contribution in [0.5, 0.6) is 0 Å². The molecule has 0 saturated heterocycles. The maximum absolute atomic E-state index is 10.6. The summed E-state index contributed by atoms with van der Waals surface area (Å²) in [6.45, 7) is 1.95. The SMILES string of the molecule is CC(Nc1ccc([N+](=O)[O-])c(N)n1)c1ccc(Cl)s1. The molecule has 0 fully saturated rings. The molecule has 0 amide bonds. The first-order valence-corrected chi connectivity index (χ1v) is 6.59. The largest absolute Gasteiger partial charge is 0.378 e. The van der Waals surface area contributed by atoms with Crippen molar-refractivity contribution >= 4 is 40.3 Å².